The average molecular weight is 335 g/mol. The van der Waals surface area contributed by atoms with Crippen LogP contribution in [0.15, 0.2) is 36.7 Å². The van der Waals surface area contributed by atoms with Crippen LogP contribution in [0, 0.1) is 6.92 Å². The summed E-state index contributed by atoms with van der Waals surface area (Å²) in [7, 11) is -3.18. The summed E-state index contributed by atoms with van der Waals surface area (Å²) < 4.78 is 27.6. The van der Waals surface area contributed by atoms with Crippen molar-refractivity contribution in [2.45, 2.75) is 20.4 Å². The standard InChI is InChI=1S/C15H17N3O2S2/c1-3-22(19,20)16-8-12-5-4-6-13(7-12)14-10-18-9-11(2)21-15(18)17-14/h4-7,9-10,16H,3,8H2,1-2H3. The van der Waals surface area contributed by atoms with E-state index in [1.54, 1.807) is 18.3 Å². The number of thiazole rings is 1. The lowest BCUT2D eigenvalue weighted by Gasteiger charge is -2.06. The van der Waals surface area contributed by atoms with Crippen LogP contribution in [0.25, 0.3) is 16.2 Å². The molecule has 2 heterocycles. The number of sulfonamides is 1. The van der Waals surface area contributed by atoms with Crippen LogP contribution in [0.1, 0.15) is 17.4 Å². The Labute approximate surface area is 133 Å². The van der Waals surface area contributed by atoms with E-state index < -0.39 is 10.0 Å². The first-order valence-corrected chi connectivity index (χ1v) is 9.45. The number of fused-ring (bicyclic) bond motifs is 1. The second-order valence-corrected chi connectivity index (χ2v) is 8.39. The van der Waals surface area contributed by atoms with Gasteiger partial charge >= 0.3 is 0 Å². The molecule has 2 aromatic heterocycles. The molecule has 0 aliphatic carbocycles. The Bertz CT molecular complexity index is 878. The first-order valence-electron chi connectivity index (χ1n) is 6.98. The van der Waals surface area contributed by atoms with Crippen LogP contribution < -0.4 is 4.72 Å². The minimum absolute atomic E-state index is 0.0867. The molecule has 0 saturated carbocycles. The van der Waals surface area contributed by atoms with Crippen molar-refractivity contribution >= 4 is 26.3 Å². The maximum Gasteiger partial charge on any atom is 0.211 e. The zero-order valence-corrected chi connectivity index (χ0v) is 14.0. The molecule has 1 aromatic carbocycles. The summed E-state index contributed by atoms with van der Waals surface area (Å²) in [6.07, 6.45) is 4.05. The molecule has 1 N–H and O–H groups in total. The van der Waals surface area contributed by atoms with Gasteiger partial charge in [0.05, 0.1) is 11.4 Å². The highest BCUT2D eigenvalue weighted by molar-refractivity contribution is 7.89. The lowest BCUT2D eigenvalue weighted by molar-refractivity contribution is 0.582. The van der Waals surface area contributed by atoms with Gasteiger partial charge in [0.2, 0.25) is 10.0 Å². The van der Waals surface area contributed by atoms with Crippen LogP contribution in [0.3, 0.4) is 0 Å². The van der Waals surface area contributed by atoms with Gasteiger partial charge in [-0.15, -0.1) is 11.3 Å². The van der Waals surface area contributed by atoms with E-state index in [0.29, 0.717) is 6.54 Å². The maximum absolute atomic E-state index is 11.5. The van der Waals surface area contributed by atoms with E-state index >= 15 is 0 Å². The van der Waals surface area contributed by atoms with Crippen LogP contribution in [0.4, 0.5) is 0 Å². The van der Waals surface area contributed by atoms with Crippen molar-refractivity contribution in [1.29, 1.82) is 0 Å². The molecule has 0 spiro atoms. The largest absolute Gasteiger partial charge is 0.297 e. The van der Waals surface area contributed by atoms with Gasteiger partial charge in [-0.3, -0.25) is 4.40 Å². The van der Waals surface area contributed by atoms with E-state index in [2.05, 4.69) is 22.8 Å². The zero-order valence-electron chi connectivity index (χ0n) is 12.4. The summed E-state index contributed by atoms with van der Waals surface area (Å²) in [5.74, 6) is 0.0867. The first kappa shape index (κ1) is 15.2. The SMILES string of the molecule is CCS(=O)(=O)NCc1cccc(-c2cn3cc(C)sc3n2)c1. The average Bonchev–Trinajstić information content (AvgIpc) is 3.03. The first-order chi connectivity index (χ1) is 10.5. The highest BCUT2D eigenvalue weighted by atomic mass is 32.2. The molecule has 0 radical (unpaired) electrons. The molecule has 0 saturated heterocycles. The third-order valence-corrected chi connectivity index (χ3v) is 5.63. The van der Waals surface area contributed by atoms with Crippen molar-refractivity contribution in [2.24, 2.45) is 0 Å². The van der Waals surface area contributed by atoms with E-state index in [4.69, 9.17) is 0 Å². The predicted molar refractivity (Wildman–Crippen MR) is 89.5 cm³/mol. The quantitative estimate of drug-likeness (QED) is 0.780. The molecule has 0 unspecified atom stereocenters. The van der Waals surface area contributed by atoms with Gasteiger partial charge in [0.25, 0.3) is 0 Å². The Balaban J connectivity index is 1.85. The molecule has 3 rings (SSSR count). The number of nitrogens with one attached hydrogen (secondary N) is 1. The fourth-order valence-corrected chi connectivity index (χ4v) is 3.59. The molecule has 0 aliphatic rings. The predicted octanol–water partition coefficient (Wildman–Crippen LogP) is 2.81. The molecule has 22 heavy (non-hydrogen) atoms. The van der Waals surface area contributed by atoms with Crippen molar-refractivity contribution in [3.8, 4) is 11.3 Å². The van der Waals surface area contributed by atoms with E-state index in [9.17, 15) is 8.42 Å². The van der Waals surface area contributed by atoms with E-state index in [1.165, 1.54) is 4.88 Å². The molecular weight excluding hydrogens is 318 g/mol. The van der Waals surface area contributed by atoms with Gasteiger partial charge in [0.15, 0.2) is 4.96 Å². The van der Waals surface area contributed by atoms with Crippen molar-refractivity contribution in [1.82, 2.24) is 14.1 Å². The van der Waals surface area contributed by atoms with Crippen molar-refractivity contribution in [3.05, 3.63) is 47.1 Å². The highest BCUT2D eigenvalue weighted by Gasteiger charge is 2.09. The fraction of sp³-hybridized carbons (Fsp3) is 0.267. The Morgan fingerprint density at radius 3 is 2.86 bits per heavy atom. The zero-order chi connectivity index (χ0) is 15.7. The van der Waals surface area contributed by atoms with Crippen LogP contribution >= 0.6 is 11.3 Å². The Kier molecular flexibility index (Phi) is 4.03. The third-order valence-electron chi connectivity index (χ3n) is 3.37. The lowest BCUT2D eigenvalue weighted by Crippen LogP contribution is -2.24. The van der Waals surface area contributed by atoms with E-state index in [0.717, 1.165) is 21.8 Å². The van der Waals surface area contributed by atoms with Crippen molar-refractivity contribution < 1.29 is 8.42 Å². The van der Waals surface area contributed by atoms with Crippen molar-refractivity contribution in [2.75, 3.05) is 5.75 Å². The summed E-state index contributed by atoms with van der Waals surface area (Å²) >= 11 is 1.65. The summed E-state index contributed by atoms with van der Waals surface area (Å²) in [6, 6.07) is 7.78. The molecule has 0 bridgehead atoms. The van der Waals surface area contributed by atoms with Crippen molar-refractivity contribution in [3.63, 3.8) is 0 Å². The van der Waals surface area contributed by atoms with Crippen LogP contribution in [-0.2, 0) is 16.6 Å². The number of imidazole rings is 1. The summed E-state index contributed by atoms with van der Waals surface area (Å²) in [5.41, 5.74) is 2.80. The second-order valence-electron chi connectivity index (χ2n) is 5.08. The van der Waals surface area contributed by atoms with Gasteiger partial charge in [-0.2, -0.15) is 0 Å². The monoisotopic (exact) mass is 335 g/mol. The number of nitrogens with zero attached hydrogens (tertiary/aromatic N) is 2. The highest BCUT2D eigenvalue weighted by Crippen LogP contribution is 2.24. The summed E-state index contributed by atoms with van der Waals surface area (Å²) in [6.45, 7) is 3.98. The van der Waals surface area contributed by atoms with Gasteiger partial charge < -0.3 is 0 Å². The van der Waals surface area contributed by atoms with Gasteiger partial charge in [0, 0.05) is 29.4 Å². The number of benzene rings is 1. The van der Waals surface area contributed by atoms with Crippen LogP contribution in [0.5, 0.6) is 0 Å². The minimum atomic E-state index is -3.18. The van der Waals surface area contributed by atoms with Crippen LogP contribution in [-0.4, -0.2) is 23.6 Å². The molecule has 0 aliphatic heterocycles. The minimum Gasteiger partial charge on any atom is -0.297 e. The number of aromatic nitrogens is 2. The summed E-state index contributed by atoms with van der Waals surface area (Å²) in [5, 5.41) is 0. The van der Waals surface area contributed by atoms with Gasteiger partial charge in [0.1, 0.15) is 0 Å². The Morgan fingerprint density at radius 2 is 2.14 bits per heavy atom. The second kappa shape index (κ2) is 5.83. The number of rotatable bonds is 5. The Morgan fingerprint density at radius 1 is 1.32 bits per heavy atom. The molecule has 116 valence electrons. The van der Waals surface area contributed by atoms with Gasteiger partial charge in [-0.25, -0.2) is 18.1 Å². The fourth-order valence-electron chi connectivity index (χ4n) is 2.19. The molecule has 0 fully saturated rings. The van der Waals surface area contributed by atoms with Gasteiger partial charge in [-0.1, -0.05) is 18.2 Å². The topological polar surface area (TPSA) is 63.5 Å². The van der Waals surface area contributed by atoms with E-state index in [1.807, 2.05) is 34.9 Å². The molecular formula is C15H17N3O2S2. The van der Waals surface area contributed by atoms with Crippen LogP contribution in [0.2, 0.25) is 0 Å². The Hall–Kier alpha value is -1.70. The number of hydrogen-bond acceptors (Lipinski definition) is 4. The smallest absolute Gasteiger partial charge is 0.211 e. The normalized spacial score (nSPS) is 12.1. The molecule has 0 atom stereocenters. The van der Waals surface area contributed by atoms with Gasteiger partial charge in [-0.05, 0) is 25.5 Å². The number of aryl methyl sites for hydroxylation is 1. The molecule has 5 nitrogen and oxygen atoms in total. The molecule has 0 amide bonds. The van der Waals surface area contributed by atoms with E-state index in [-0.39, 0.29) is 5.75 Å². The summed E-state index contributed by atoms with van der Waals surface area (Å²) in [4.78, 5) is 6.79. The molecule has 3 aromatic rings. The lowest BCUT2D eigenvalue weighted by atomic mass is 10.1. The third kappa shape index (κ3) is 3.21. The number of hydrogen-bond donors (Lipinski definition) is 1. The molecule has 7 heteroatoms. The maximum atomic E-state index is 11.5.